The zero-order valence-corrected chi connectivity index (χ0v) is 16.2. The highest BCUT2D eigenvalue weighted by molar-refractivity contribution is 5.74. The Morgan fingerprint density at radius 1 is 1.04 bits per heavy atom. The van der Waals surface area contributed by atoms with Gasteiger partial charge in [0.2, 0.25) is 0 Å². The fourth-order valence-corrected chi connectivity index (χ4v) is 3.73. The van der Waals surface area contributed by atoms with Gasteiger partial charge in [-0.3, -0.25) is 0 Å². The average Bonchev–Trinajstić information content (AvgIpc) is 3.30. The lowest BCUT2D eigenvalue weighted by molar-refractivity contribution is 0.355. The van der Waals surface area contributed by atoms with Crippen molar-refractivity contribution >= 4 is 5.82 Å². The first-order valence-corrected chi connectivity index (χ1v) is 9.31. The van der Waals surface area contributed by atoms with E-state index in [9.17, 15) is 0 Å². The molecule has 0 bridgehead atoms. The summed E-state index contributed by atoms with van der Waals surface area (Å²) in [5, 5.41) is 8.52. The second kappa shape index (κ2) is 6.99. The van der Waals surface area contributed by atoms with Gasteiger partial charge in [0.25, 0.3) is 0 Å². The lowest BCUT2D eigenvalue weighted by Crippen LogP contribution is -2.07. The van der Waals surface area contributed by atoms with Gasteiger partial charge in [-0.05, 0) is 42.2 Å². The number of rotatable bonds is 5. The summed E-state index contributed by atoms with van der Waals surface area (Å²) in [5.41, 5.74) is 5.70. The van der Waals surface area contributed by atoms with Gasteiger partial charge in [0, 0.05) is 17.7 Å². The smallest absolute Gasteiger partial charge is 0.161 e. The second-order valence-corrected chi connectivity index (χ2v) is 7.05. The minimum Gasteiger partial charge on any atom is -0.493 e. The molecule has 140 valence electrons. The molecule has 5 nitrogen and oxygen atoms in total. The largest absolute Gasteiger partial charge is 0.493 e. The summed E-state index contributed by atoms with van der Waals surface area (Å²) in [6.45, 7) is 5.35. The SMILES string of the molecule is COc1ccc(-c2nn(-c3ccccc3C(C)C)c3c2CCN3)cc1OC. The number of nitrogens with one attached hydrogen (secondary N) is 1. The van der Waals surface area contributed by atoms with Crippen molar-refractivity contribution in [1.82, 2.24) is 9.78 Å². The Kier molecular flexibility index (Phi) is 4.52. The van der Waals surface area contributed by atoms with Gasteiger partial charge in [0.15, 0.2) is 11.5 Å². The molecule has 0 saturated heterocycles. The van der Waals surface area contributed by atoms with Crippen molar-refractivity contribution in [3.63, 3.8) is 0 Å². The van der Waals surface area contributed by atoms with Crippen LogP contribution in [-0.2, 0) is 6.42 Å². The van der Waals surface area contributed by atoms with Gasteiger partial charge in [0.05, 0.1) is 25.6 Å². The first-order chi connectivity index (χ1) is 13.1. The van der Waals surface area contributed by atoms with Crippen LogP contribution in [0.5, 0.6) is 11.5 Å². The normalized spacial score (nSPS) is 12.8. The van der Waals surface area contributed by atoms with Crippen LogP contribution >= 0.6 is 0 Å². The molecule has 0 saturated carbocycles. The number of nitrogens with zero attached hydrogens (tertiary/aromatic N) is 2. The molecule has 2 heterocycles. The van der Waals surface area contributed by atoms with Crippen LogP contribution in [0.25, 0.3) is 16.9 Å². The Hall–Kier alpha value is -2.95. The number of hydrogen-bond donors (Lipinski definition) is 1. The highest BCUT2D eigenvalue weighted by Crippen LogP contribution is 2.39. The number of ether oxygens (including phenoxy) is 2. The average molecular weight is 363 g/mol. The van der Waals surface area contributed by atoms with E-state index >= 15 is 0 Å². The van der Waals surface area contributed by atoms with Crippen molar-refractivity contribution in [2.24, 2.45) is 0 Å². The third kappa shape index (κ3) is 2.93. The van der Waals surface area contributed by atoms with Gasteiger partial charge < -0.3 is 14.8 Å². The molecule has 0 fully saturated rings. The molecule has 1 aromatic heterocycles. The van der Waals surface area contributed by atoms with Gasteiger partial charge in [-0.15, -0.1) is 0 Å². The van der Waals surface area contributed by atoms with Crippen LogP contribution in [0.2, 0.25) is 0 Å². The Labute approximate surface area is 159 Å². The van der Waals surface area contributed by atoms with Crippen molar-refractivity contribution in [2.75, 3.05) is 26.1 Å². The molecule has 0 atom stereocenters. The predicted molar refractivity (Wildman–Crippen MR) is 108 cm³/mol. The fourth-order valence-electron chi connectivity index (χ4n) is 3.73. The van der Waals surface area contributed by atoms with Crippen molar-refractivity contribution in [3.8, 4) is 28.4 Å². The molecule has 1 aliphatic heterocycles. The third-order valence-electron chi connectivity index (χ3n) is 5.09. The quantitative estimate of drug-likeness (QED) is 0.717. The zero-order valence-electron chi connectivity index (χ0n) is 16.2. The Bertz CT molecular complexity index is 976. The number of benzene rings is 2. The molecule has 2 aromatic carbocycles. The highest BCUT2D eigenvalue weighted by Gasteiger charge is 2.25. The van der Waals surface area contributed by atoms with E-state index in [0.29, 0.717) is 11.7 Å². The minimum atomic E-state index is 0.423. The van der Waals surface area contributed by atoms with Crippen molar-refractivity contribution in [3.05, 3.63) is 53.6 Å². The van der Waals surface area contributed by atoms with E-state index in [2.05, 4.69) is 48.1 Å². The molecule has 0 radical (unpaired) electrons. The number of fused-ring (bicyclic) bond motifs is 1. The summed E-state index contributed by atoms with van der Waals surface area (Å²) in [7, 11) is 3.31. The first kappa shape index (κ1) is 17.5. The lowest BCUT2D eigenvalue weighted by Gasteiger charge is -2.14. The summed E-state index contributed by atoms with van der Waals surface area (Å²) >= 11 is 0. The molecule has 0 amide bonds. The van der Waals surface area contributed by atoms with E-state index in [4.69, 9.17) is 14.6 Å². The molecule has 3 aromatic rings. The van der Waals surface area contributed by atoms with Crippen molar-refractivity contribution < 1.29 is 9.47 Å². The summed E-state index contributed by atoms with van der Waals surface area (Å²) in [6.07, 6.45) is 0.961. The fraction of sp³-hybridized carbons (Fsp3) is 0.318. The standard InChI is InChI=1S/C22H25N3O2/c1-14(2)16-7-5-6-8-18(16)25-22-17(11-12-23-22)21(24-25)15-9-10-19(26-3)20(13-15)27-4/h5-10,13-14,23H,11-12H2,1-4H3. The number of methoxy groups -OCH3 is 2. The second-order valence-electron chi connectivity index (χ2n) is 7.05. The molecule has 1 N–H and O–H groups in total. The Balaban J connectivity index is 1.88. The van der Waals surface area contributed by atoms with Crippen LogP contribution in [0, 0.1) is 0 Å². The van der Waals surface area contributed by atoms with E-state index in [0.717, 1.165) is 41.5 Å². The van der Waals surface area contributed by atoms with Gasteiger partial charge >= 0.3 is 0 Å². The number of para-hydroxylation sites is 1. The Morgan fingerprint density at radius 2 is 1.81 bits per heavy atom. The molecule has 0 spiro atoms. The number of hydrogen-bond acceptors (Lipinski definition) is 4. The van der Waals surface area contributed by atoms with Gasteiger partial charge in [-0.2, -0.15) is 5.10 Å². The molecular formula is C22H25N3O2. The highest BCUT2D eigenvalue weighted by atomic mass is 16.5. The summed E-state index contributed by atoms with van der Waals surface area (Å²) in [6, 6.07) is 14.5. The third-order valence-corrected chi connectivity index (χ3v) is 5.09. The molecule has 27 heavy (non-hydrogen) atoms. The van der Waals surface area contributed by atoms with E-state index in [1.54, 1.807) is 14.2 Å². The topological polar surface area (TPSA) is 48.3 Å². The van der Waals surface area contributed by atoms with Gasteiger partial charge in [-0.1, -0.05) is 32.0 Å². The maximum Gasteiger partial charge on any atom is 0.161 e. The van der Waals surface area contributed by atoms with E-state index in [-0.39, 0.29) is 0 Å². The van der Waals surface area contributed by atoms with Crippen LogP contribution in [0.4, 0.5) is 5.82 Å². The van der Waals surface area contributed by atoms with E-state index in [1.165, 1.54) is 11.1 Å². The molecular weight excluding hydrogens is 338 g/mol. The molecule has 5 heteroatoms. The molecule has 4 rings (SSSR count). The number of anilines is 1. The summed E-state index contributed by atoms with van der Waals surface area (Å²) in [4.78, 5) is 0. The molecule has 0 unspecified atom stereocenters. The minimum absolute atomic E-state index is 0.423. The van der Waals surface area contributed by atoms with Crippen molar-refractivity contribution in [1.29, 1.82) is 0 Å². The summed E-state index contributed by atoms with van der Waals surface area (Å²) < 4.78 is 12.9. The maximum absolute atomic E-state index is 5.48. The first-order valence-electron chi connectivity index (χ1n) is 9.31. The van der Waals surface area contributed by atoms with Crippen LogP contribution < -0.4 is 14.8 Å². The monoisotopic (exact) mass is 363 g/mol. The van der Waals surface area contributed by atoms with E-state index in [1.807, 2.05) is 18.2 Å². The predicted octanol–water partition coefficient (Wildman–Crippen LogP) is 4.65. The summed E-state index contributed by atoms with van der Waals surface area (Å²) in [5.74, 6) is 2.95. The van der Waals surface area contributed by atoms with Crippen LogP contribution in [0.3, 0.4) is 0 Å². The molecule has 1 aliphatic rings. The lowest BCUT2D eigenvalue weighted by atomic mass is 10.0. The number of aromatic nitrogens is 2. The van der Waals surface area contributed by atoms with Crippen LogP contribution in [0.1, 0.15) is 30.9 Å². The van der Waals surface area contributed by atoms with Gasteiger partial charge in [0.1, 0.15) is 5.82 Å². The maximum atomic E-state index is 5.48. The van der Waals surface area contributed by atoms with Crippen molar-refractivity contribution in [2.45, 2.75) is 26.2 Å². The zero-order chi connectivity index (χ0) is 19.0. The van der Waals surface area contributed by atoms with Crippen LogP contribution in [0.15, 0.2) is 42.5 Å². The molecule has 0 aliphatic carbocycles. The Morgan fingerprint density at radius 3 is 2.56 bits per heavy atom. The van der Waals surface area contributed by atoms with Crippen LogP contribution in [-0.4, -0.2) is 30.5 Å². The van der Waals surface area contributed by atoms with E-state index < -0.39 is 0 Å². The van der Waals surface area contributed by atoms with Gasteiger partial charge in [-0.25, -0.2) is 4.68 Å².